The lowest BCUT2D eigenvalue weighted by molar-refractivity contribution is -0.384. The van der Waals surface area contributed by atoms with Gasteiger partial charge in [0, 0.05) is 11.6 Å². The summed E-state index contributed by atoms with van der Waals surface area (Å²) in [7, 11) is 0. The molecular formula is C14H18FN3O3. The van der Waals surface area contributed by atoms with Crippen LogP contribution < -0.4 is 11.1 Å². The number of nitrogen functional groups attached to an aromatic ring is 1. The molecule has 1 aliphatic carbocycles. The first-order valence-electron chi connectivity index (χ1n) is 6.89. The second-order valence-electron chi connectivity index (χ2n) is 5.69. The van der Waals surface area contributed by atoms with Gasteiger partial charge in [-0.1, -0.05) is 19.3 Å². The maximum Gasteiger partial charge on any atom is 0.293 e. The maximum absolute atomic E-state index is 13.9. The minimum absolute atomic E-state index is 0.418. The molecule has 1 fully saturated rings. The largest absolute Gasteiger partial charge is 0.392 e. The Labute approximate surface area is 121 Å². The van der Waals surface area contributed by atoms with E-state index >= 15 is 0 Å². The summed E-state index contributed by atoms with van der Waals surface area (Å²) in [6.07, 6.45) is 4.69. The van der Waals surface area contributed by atoms with Crippen LogP contribution in [0, 0.1) is 15.9 Å². The Morgan fingerprint density at radius 2 is 2.00 bits per heavy atom. The number of nitro benzene ring substituents is 1. The summed E-state index contributed by atoms with van der Waals surface area (Å²) in [5.41, 5.74) is 3.83. The van der Waals surface area contributed by atoms with Crippen molar-refractivity contribution in [3.63, 3.8) is 0 Å². The molecule has 0 unspecified atom stereocenters. The third kappa shape index (κ3) is 3.12. The summed E-state index contributed by atoms with van der Waals surface area (Å²) in [6.45, 7) is 1.90. The van der Waals surface area contributed by atoms with Gasteiger partial charge in [0.05, 0.1) is 4.92 Å². The Morgan fingerprint density at radius 1 is 1.38 bits per heavy atom. The number of amides is 1. The van der Waals surface area contributed by atoms with Gasteiger partial charge in [-0.3, -0.25) is 14.9 Å². The van der Waals surface area contributed by atoms with E-state index in [4.69, 9.17) is 5.73 Å². The van der Waals surface area contributed by atoms with E-state index in [1.54, 1.807) is 0 Å². The molecule has 0 aliphatic heterocycles. The number of benzene rings is 1. The van der Waals surface area contributed by atoms with Crippen LogP contribution >= 0.6 is 0 Å². The minimum atomic E-state index is -0.852. The van der Waals surface area contributed by atoms with Gasteiger partial charge in [0.15, 0.2) is 0 Å². The number of hydrogen-bond acceptors (Lipinski definition) is 4. The smallest absolute Gasteiger partial charge is 0.293 e. The average Bonchev–Trinajstić information content (AvgIpc) is 2.38. The number of nitro groups is 1. The highest BCUT2D eigenvalue weighted by Gasteiger charge is 2.31. The zero-order chi connectivity index (χ0) is 15.6. The van der Waals surface area contributed by atoms with Crippen LogP contribution in [0.2, 0.25) is 0 Å². The number of nitrogens with two attached hydrogens (primary N) is 1. The molecule has 114 valence electrons. The molecule has 7 heteroatoms. The van der Waals surface area contributed by atoms with Gasteiger partial charge >= 0.3 is 0 Å². The molecule has 6 nitrogen and oxygen atoms in total. The van der Waals surface area contributed by atoms with E-state index in [-0.39, 0.29) is 0 Å². The average molecular weight is 295 g/mol. The quantitative estimate of drug-likeness (QED) is 0.509. The second kappa shape index (κ2) is 5.67. The van der Waals surface area contributed by atoms with Crippen molar-refractivity contribution in [1.29, 1.82) is 0 Å². The normalized spacial score (nSPS) is 17.2. The molecule has 0 heterocycles. The van der Waals surface area contributed by atoms with E-state index in [2.05, 4.69) is 5.32 Å². The van der Waals surface area contributed by atoms with E-state index in [1.165, 1.54) is 0 Å². The fourth-order valence-corrected chi connectivity index (χ4v) is 2.77. The number of carbonyl (C=O) groups is 1. The Bertz CT molecular complexity index is 583. The summed E-state index contributed by atoms with van der Waals surface area (Å²) < 4.78 is 13.9. The van der Waals surface area contributed by atoms with Crippen LogP contribution in [0.15, 0.2) is 12.1 Å². The van der Waals surface area contributed by atoms with E-state index in [0.29, 0.717) is 0 Å². The van der Waals surface area contributed by atoms with Gasteiger partial charge in [-0.25, -0.2) is 4.39 Å². The number of anilines is 1. The molecule has 0 bridgehead atoms. The number of nitrogens with one attached hydrogen (secondary N) is 1. The molecule has 0 radical (unpaired) electrons. The van der Waals surface area contributed by atoms with Crippen LogP contribution in [0.25, 0.3) is 0 Å². The molecule has 1 aliphatic rings. The highest BCUT2D eigenvalue weighted by atomic mass is 19.1. The van der Waals surface area contributed by atoms with Crippen LogP contribution in [-0.4, -0.2) is 16.4 Å². The standard InChI is InChI=1S/C14H18FN3O3/c1-14(7-3-2-4-8-14)17-13(19)11-9(15)5-6-10(12(11)16)18(20)21/h5-6H,2-4,7-8,16H2,1H3,(H,17,19). The predicted octanol–water partition coefficient (Wildman–Crippen LogP) is 2.77. The lowest BCUT2D eigenvalue weighted by Gasteiger charge is -2.34. The second-order valence-corrected chi connectivity index (χ2v) is 5.69. The first-order chi connectivity index (χ1) is 9.84. The minimum Gasteiger partial charge on any atom is -0.392 e. The van der Waals surface area contributed by atoms with Crippen molar-refractivity contribution in [3.8, 4) is 0 Å². The highest BCUT2D eigenvalue weighted by Crippen LogP contribution is 2.31. The van der Waals surface area contributed by atoms with E-state index in [9.17, 15) is 19.3 Å². The van der Waals surface area contributed by atoms with E-state index < -0.39 is 39.1 Å². The van der Waals surface area contributed by atoms with E-state index in [0.717, 1.165) is 44.2 Å². The lowest BCUT2D eigenvalue weighted by Crippen LogP contribution is -2.47. The van der Waals surface area contributed by atoms with Crippen molar-refractivity contribution >= 4 is 17.3 Å². The first kappa shape index (κ1) is 15.2. The highest BCUT2D eigenvalue weighted by molar-refractivity contribution is 6.01. The van der Waals surface area contributed by atoms with Gasteiger partial charge in [0.25, 0.3) is 11.6 Å². The molecule has 0 saturated heterocycles. The lowest BCUT2D eigenvalue weighted by atomic mass is 9.83. The summed E-state index contributed by atoms with van der Waals surface area (Å²) in [6, 6.07) is 1.86. The Hall–Kier alpha value is -2.18. The van der Waals surface area contributed by atoms with Gasteiger partial charge in [-0.15, -0.1) is 0 Å². The number of hydrogen-bond donors (Lipinski definition) is 2. The number of carbonyl (C=O) groups excluding carboxylic acids is 1. The fraction of sp³-hybridized carbons (Fsp3) is 0.500. The zero-order valence-corrected chi connectivity index (χ0v) is 11.8. The van der Waals surface area contributed by atoms with E-state index in [1.807, 2.05) is 6.92 Å². The van der Waals surface area contributed by atoms with Gasteiger partial charge in [-0.2, -0.15) is 0 Å². The summed E-state index contributed by atoms with van der Waals surface area (Å²) >= 11 is 0. The van der Waals surface area contributed by atoms with Gasteiger partial charge in [0.1, 0.15) is 17.1 Å². The number of rotatable bonds is 3. The van der Waals surface area contributed by atoms with Gasteiger partial charge < -0.3 is 11.1 Å². The number of halogens is 1. The topological polar surface area (TPSA) is 98.3 Å². The molecule has 21 heavy (non-hydrogen) atoms. The molecule has 1 aromatic carbocycles. The molecule has 2 rings (SSSR count). The molecule has 1 aromatic rings. The molecule has 1 amide bonds. The van der Waals surface area contributed by atoms with Crippen LogP contribution in [0.1, 0.15) is 49.4 Å². The molecule has 1 saturated carbocycles. The zero-order valence-electron chi connectivity index (χ0n) is 11.8. The molecule has 0 aromatic heterocycles. The predicted molar refractivity (Wildman–Crippen MR) is 76.4 cm³/mol. The molecule has 0 spiro atoms. The molecule has 0 atom stereocenters. The fourth-order valence-electron chi connectivity index (χ4n) is 2.77. The van der Waals surface area contributed by atoms with Crippen LogP contribution in [0.4, 0.5) is 15.8 Å². The first-order valence-corrected chi connectivity index (χ1v) is 6.89. The van der Waals surface area contributed by atoms with Crippen LogP contribution in [-0.2, 0) is 0 Å². The van der Waals surface area contributed by atoms with Gasteiger partial charge in [-0.05, 0) is 25.8 Å². The van der Waals surface area contributed by atoms with Crippen molar-refractivity contribution < 1.29 is 14.1 Å². The van der Waals surface area contributed by atoms with Crippen molar-refractivity contribution in [1.82, 2.24) is 5.32 Å². The third-order valence-corrected chi connectivity index (χ3v) is 3.97. The Kier molecular flexibility index (Phi) is 4.11. The monoisotopic (exact) mass is 295 g/mol. The number of nitrogens with zero attached hydrogens (tertiary/aromatic N) is 1. The maximum atomic E-state index is 13.9. The van der Waals surface area contributed by atoms with Crippen molar-refractivity contribution in [2.24, 2.45) is 0 Å². The summed E-state index contributed by atoms with van der Waals surface area (Å²) in [5.74, 6) is -1.55. The van der Waals surface area contributed by atoms with Crippen molar-refractivity contribution in [2.75, 3.05) is 5.73 Å². The van der Waals surface area contributed by atoms with Gasteiger partial charge in [0.2, 0.25) is 0 Å². The van der Waals surface area contributed by atoms with Crippen molar-refractivity contribution in [3.05, 3.63) is 33.6 Å². The Balaban J connectivity index is 2.30. The van der Waals surface area contributed by atoms with Crippen LogP contribution in [0.5, 0.6) is 0 Å². The summed E-state index contributed by atoms with van der Waals surface area (Å²) in [4.78, 5) is 22.4. The Morgan fingerprint density at radius 3 is 2.57 bits per heavy atom. The summed E-state index contributed by atoms with van der Waals surface area (Å²) in [5, 5.41) is 13.6. The third-order valence-electron chi connectivity index (χ3n) is 3.97. The van der Waals surface area contributed by atoms with Crippen molar-refractivity contribution in [2.45, 2.75) is 44.6 Å². The SMILES string of the molecule is CC1(NC(=O)c2c(F)ccc([N+](=O)[O-])c2N)CCCCC1. The molecular weight excluding hydrogens is 277 g/mol. The van der Waals surface area contributed by atoms with Crippen LogP contribution in [0.3, 0.4) is 0 Å². The molecule has 3 N–H and O–H groups in total.